The Bertz CT molecular complexity index is 432. The molecule has 0 spiro atoms. The average Bonchev–Trinajstić information content (AvgIpc) is 2.34. The Kier molecular flexibility index (Phi) is 5.96. The molecular weight excluding hydrogens is 255 g/mol. The Morgan fingerprint density at radius 1 is 1.35 bits per heavy atom. The van der Waals surface area contributed by atoms with Gasteiger partial charge in [-0.05, 0) is 44.1 Å². The third-order valence-corrected chi connectivity index (χ3v) is 3.31. The van der Waals surface area contributed by atoms with E-state index in [4.69, 9.17) is 4.74 Å². The van der Waals surface area contributed by atoms with Gasteiger partial charge in [0.2, 0.25) is 0 Å². The second-order valence-corrected chi connectivity index (χ2v) is 6.40. The van der Waals surface area contributed by atoms with Crippen LogP contribution in [-0.4, -0.2) is 39.2 Å². The van der Waals surface area contributed by atoms with Crippen molar-refractivity contribution in [1.82, 2.24) is 10.2 Å². The highest BCUT2D eigenvalue weighted by Gasteiger charge is 2.20. The van der Waals surface area contributed by atoms with Gasteiger partial charge in [0.25, 0.3) is 0 Å². The van der Waals surface area contributed by atoms with E-state index in [1.807, 2.05) is 13.0 Å². The number of methoxy groups -OCH3 is 1. The first-order chi connectivity index (χ1) is 9.25. The summed E-state index contributed by atoms with van der Waals surface area (Å²) < 4.78 is 18.6. The maximum Gasteiger partial charge on any atom is 0.165 e. The van der Waals surface area contributed by atoms with Gasteiger partial charge >= 0.3 is 0 Å². The lowest BCUT2D eigenvalue weighted by molar-refractivity contribution is 0.227. The summed E-state index contributed by atoms with van der Waals surface area (Å²) in [5, 5.41) is 3.48. The van der Waals surface area contributed by atoms with Gasteiger partial charge in [-0.25, -0.2) is 4.39 Å². The zero-order chi connectivity index (χ0) is 15.3. The highest BCUT2D eigenvalue weighted by molar-refractivity contribution is 5.30. The molecule has 114 valence electrons. The quantitative estimate of drug-likeness (QED) is 0.832. The minimum Gasteiger partial charge on any atom is -0.494 e. The summed E-state index contributed by atoms with van der Waals surface area (Å²) in [4.78, 5) is 2.18. The van der Waals surface area contributed by atoms with Crippen LogP contribution in [0.25, 0.3) is 0 Å². The predicted molar refractivity (Wildman–Crippen MR) is 81.7 cm³/mol. The third kappa shape index (κ3) is 5.10. The molecule has 1 aromatic carbocycles. The molecule has 4 heteroatoms. The molecule has 0 saturated carbocycles. The van der Waals surface area contributed by atoms with Gasteiger partial charge in [-0.1, -0.05) is 19.9 Å². The molecule has 0 aliphatic heterocycles. The lowest BCUT2D eigenvalue weighted by Gasteiger charge is -2.30. The molecule has 1 rings (SSSR count). The number of nitrogens with zero attached hydrogens (tertiary/aromatic N) is 1. The van der Waals surface area contributed by atoms with Crippen LogP contribution >= 0.6 is 0 Å². The molecule has 3 nitrogen and oxygen atoms in total. The standard InChI is InChI=1S/C16H27FN2O/c1-12(18-10-16(2,3)11-19(4)5)13-7-8-15(20-6)14(17)9-13/h7-9,12,18H,10-11H2,1-6H3. The largest absolute Gasteiger partial charge is 0.494 e. The molecule has 0 bridgehead atoms. The zero-order valence-electron chi connectivity index (χ0n) is 13.5. The number of halogens is 1. The Morgan fingerprint density at radius 3 is 2.50 bits per heavy atom. The van der Waals surface area contributed by atoms with Crippen LogP contribution in [0.5, 0.6) is 5.75 Å². The maximum absolute atomic E-state index is 13.7. The van der Waals surface area contributed by atoms with E-state index in [0.717, 1.165) is 18.7 Å². The number of hydrogen-bond donors (Lipinski definition) is 1. The van der Waals surface area contributed by atoms with Crippen molar-refractivity contribution >= 4 is 0 Å². The molecule has 0 aliphatic rings. The van der Waals surface area contributed by atoms with Crippen molar-refractivity contribution in [2.24, 2.45) is 5.41 Å². The number of nitrogens with one attached hydrogen (secondary N) is 1. The summed E-state index contributed by atoms with van der Waals surface area (Å²) >= 11 is 0. The fourth-order valence-corrected chi connectivity index (χ4v) is 2.41. The first kappa shape index (κ1) is 16.9. The summed E-state index contributed by atoms with van der Waals surface area (Å²) in [5.74, 6) is -0.0277. The van der Waals surface area contributed by atoms with E-state index in [1.165, 1.54) is 13.2 Å². The number of hydrogen-bond acceptors (Lipinski definition) is 3. The van der Waals surface area contributed by atoms with Crippen molar-refractivity contribution in [3.63, 3.8) is 0 Å². The average molecular weight is 282 g/mol. The molecule has 0 heterocycles. The second kappa shape index (κ2) is 7.04. The summed E-state index contributed by atoms with van der Waals surface area (Å²) in [7, 11) is 5.62. The molecule has 1 aromatic rings. The molecule has 1 N–H and O–H groups in total. The van der Waals surface area contributed by atoms with Gasteiger partial charge in [-0.15, -0.1) is 0 Å². The van der Waals surface area contributed by atoms with Crippen LogP contribution in [0, 0.1) is 11.2 Å². The van der Waals surface area contributed by atoms with Gasteiger partial charge in [0, 0.05) is 19.1 Å². The Balaban J connectivity index is 2.63. The first-order valence-corrected chi connectivity index (χ1v) is 6.97. The molecule has 0 aliphatic carbocycles. The van der Waals surface area contributed by atoms with Gasteiger partial charge in [-0.2, -0.15) is 0 Å². The topological polar surface area (TPSA) is 24.5 Å². The molecule has 1 unspecified atom stereocenters. The van der Waals surface area contributed by atoms with E-state index < -0.39 is 0 Å². The molecule has 0 amide bonds. The second-order valence-electron chi connectivity index (χ2n) is 6.40. The van der Waals surface area contributed by atoms with Crippen molar-refractivity contribution in [2.75, 3.05) is 34.3 Å². The third-order valence-electron chi connectivity index (χ3n) is 3.31. The van der Waals surface area contributed by atoms with E-state index in [-0.39, 0.29) is 23.0 Å². The van der Waals surface area contributed by atoms with Gasteiger partial charge in [0.15, 0.2) is 11.6 Å². The Labute approximate surface area is 122 Å². The molecule has 0 saturated heterocycles. The minimum absolute atomic E-state index is 0.108. The molecule has 20 heavy (non-hydrogen) atoms. The minimum atomic E-state index is -0.314. The molecule has 0 aromatic heterocycles. The smallest absolute Gasteiger partial charge is 0.165 e. The van der Waals surface area contributed by atoms with Crippen molar-refractivity contribution in [1.29, 1.82) is 0 Å². The fourth-order valence-electron chi connectivity index (χ4n) is 2.41. The van der Waals surface area contributed by atoms with Crippen LogP contribution in [0.3, 0.4) is 0 Å². The van der Waals surface area contributed by atoms with Gasteiger partial charge < -0.3 is 15.0 Å². The van der Waals surface area contributed by atoms with E-state index in [9.17, 15) is 4.39 Å². The highest BCUT2D eigenvalue weighted by atomic mass is 19.1. The summed E-state index contributed by atoms with van der Waals surface area (Å²) in [5.41, 5.74) is 1.10. The van der Waals surface area contributed by atoms with Crippen molar-refractivity contribution in [3.8, 4) is 5.75 Å². The summed E-state index contributed by atoms with van der Waals surface area (Å²) in [6.07, 6.45) is 0. The summed E-state index contributed by atoms with van der Waals surface area (Å²) in [6, 6.07) is 5.22. The SMILES string of the molecule is COc1ccc(C(C)NCC(C)(C)CN(C)C)cc1F. The highest BCUT2D eigenvalue weighted by Crippen LogP contribution is 2.23. The van der Waals surface area contributed by atoms with E-state index in [1.54, 1.807) is 6.07 Å². The molecular formula is C16H27FN2O. The van der Waals surface area contributed by atoms with Gasteiger partial charge in [0.05, 0.1) is 7.11 Å². The van der Waals surface area contributed by atoms with Crippen LogP contribution in [-0.2, 0) is 0 Å². The van der Waals surface area contributed by atoms with Gasteiger partial charge in [0.1, 0.15) is 0 Å². The van der Waals surface area contributed by atoms with Crippen LogP contribution in [0.15, 0.2) is 18.2 Å². The Morgan fingerprint density at radius 2 is 2.00 bits per heavy atom. The molecule has 1 atom stereocenters. The van der Waals surface area contributed by atoms with Crippen molar-refractivity contribution in [3.05, 3.63) is 29.6 Å². The number of rotatable bonds is 7. The lowest BCUT2D eigenvalue weighted by atomic mass is 9.92. The van der Waals surface area contributed by atoms with Crippen LogP contribution in [0.2, 0.25) is 0 Å². The predicted octanol–water partition coefficient (Wildman–Crippen LogP) is 3.07. The van der Waals surface area contributed by atoms with E-state index in [0.29, 0.717) is 0 Å². The maximum atomic E-state index is 13.7. The lowest BCUT2D eigenvalue weighted by Crippen LogP contribution is -2.38. The zero-order valence-corrected chi connectivity index (χ0v) is 13.5. The first-order valence-electron chi connectivity index (χ1n) is 6.97. The number of ether oxygens (including phenoxy) is 1. The van der Waals surface area contributed by atoms with Crippen LogP contribution < -0.4 is 10.1 Å². The summed E-state index contributed by atoms with van der Waals surface area (Å²) in [6.45, 7) is 8.37. The normalized spacial score (nSPS) is 13.6. The Hall–Kier alpha value is -1.13. The van der Waals surface area contributed by atoms with Crippen LogP contribution in [0.1, 0.15) is 32.4 Å². The number of benzene rings is 1. The van der Waals surface area contributed by atoms with Gasteiger partial charge in [-0.3, -0.25) is 0 Å². The molecule has 0 radical (unpaired) electrons. The van der Waals surface area contributed by atoms with E-state index in [2.05, 4.69) is 38.2 Å². The van der Waals surface area contributed by atoms with E-state index >= 15 is 0 Å². The van der Waals surface area contributed by atoms with Crippen LogP contribution in [0.4, 0.5) is 4.39 Å². The van der Waals surface area contributed by atoms with Crippen molar-refractivity contribution in [2.45, 2.75) is 26.8 Å². The fraction of sp³-hybridized carbons (Fsp3) is 0.625. The monoisotopic (exact) mass is 282 g/mol. The molecule has 0 fully saturated rings. The van der Waals surface area contributed by atoms with Crippen molar-refractivity contribution < 1.29 is 9.13 Å².